The van der Waals surface area contributed by atoms with E-state index >= 15 is 0 Å². The van der Waals surface area contributed by atoms with Crippen molar-refractivity contribution in [2.45, 2.75) is 12.5 Å². The highest BCUT2D eigenvalue weighted by molar-refractivity contribution is 6.29. The summed E-state index contributed by atoms with van der Waals surface area (Å²) in [7, 11) is 11.3. The van der Waals surface area contributed by atoms with E-state index in [0.717, 1.165) is 12.1 Å². The Kier molecular flexibility index (Phi) is 2.72. The molecule has 2 radical (unpaired) electrons. The standard InChI is InChI=1S/C11H14BN3O/c1-14(2)7-4-5-8-9(6-7)13-11(12)15(3)10(8)16/h4-5,7H,6H2,1-3H3. The first-order chi connectivity index (χ1) is 7.50. The molecule has 1 aliphatic carbocycles. The van der Waals surface area contributed by atoms with Crippen LogP contribution in [0.3, 0.4) is 0 Å². The largest absolute Gasteiger partial charge is 0.309 e. The molecule has 0 N–H and O–H groups in total. The van der Waals surface area contributed by atoms with Gasteiger partial charge in [-0.05, 0) is 14.1 Å². The molecule has 0 bridgehead atoms. The van der Waals surface area contributed by atoms with E-state index in [2.05, 4.69) is 9.88 Å². The lowest BCUT2D eigenvalue weighted by molar-refractivity contribution is 0.338. The molecule has 0 spiro atoms. The lowest BCUT2D eigenvalue weighted by atomic mass is 9.98. The van der Waals surface area contributed by atoms with E-state index in [-0.39, 0.29) is 17.3 Å². The topological polar surface area (TPSA) is 38.1 Å². The molecule has 1 aliphatic rings. The first-order valence-corrected chi connectivity index (χ1v) is 5.20. The fourth-order valence-corrected chi connectivity index (χ4v) is 1.83. The predicted molar refractivity (Wildman–Crippen MR) is 65.1 cm³/mol. The van der Waals surface area contributed by atoms with Crippen LogP contribution in [-0.4, -0.2) is 42.4 Å². The van der Waals surface area contributed by atoms with Crippen LogP contribution >= 0.6 is 0 Å². The Bertz CT molecular complexity index is 505. The molecule has 1 heterocycles. The third kappa shape index (κ3) is 1.71. The third-order valence-corrected chi connectivity index (χ3v) is 2.99. The van der Waals surface area contributed by atoms with Crippen molar-refractivity contribution in [2.75, 3.05) is 14.1 Å². The molecular weight excluding hydrogens is 201 g/mol. The number of nitrogens with zero attached hydrogens (tertiary/aromatic N) is 3. The zero-order valence-corrected chi connectivity index (χ0v) is 9.77. The van der Waals surface area contributed by atoms with Crippen molar-refractivity contribution in [3.8, 4) is 0 Å². The Morgan fingerprint density at radius 1 is 1.56 bits per heavy atom. The molecule has 0 saturated carbocycles. The van der Waals surface area contributed by atoms with Crippen LogP contribution < -0.4 is 11.3 Å². The van der Waals surface area contributed by atoms with Crippen LogP contribution in [0.5, 0.6) is 0 Å². The summed E-state index contributed by atoms with van der Waals surface area (Å²) in [6.45, 7) is 0. The Morgan fingerprint density at radius 3 is 2.88 bits per heavy atom. The monoisotopic (exact) mass is 215 g/mol. The number of hydrogen-bond acceptors (Lipinski definition) is 3. The number of fused-ring (bicyclic) bond motifs is 1. The van der Waals surface area contributed by atoms with E-state index < -0.39 is 0 Å². The van der Waals surface area contributed by atoms with Crippen molar-refractivity contribution in [1.82, 2.24) is 14.5 Å². The van der Waals surface area contributed by atoms with Crippen molar-refractivity contribution in [3.05, 3.63) is 27.7 Å². The Labute approximate surface area is 96.0 Å². The number of aromatic nitrogens is 2. The zero-order valence-electron chi connectivity index (χ0n) is 9.77. The van der Waals surface area contributed by atoms with Crippen molar-refractivity contribution in [2.24, 2.45) is 7.05 Å². The molecule has 0 amide bonds. The summed E-state index contributed by atoms with van der Waals surface area (Å²) in [6.07, 6.45) is 4.61. The quantitative estimate of drug-likeness (QED) is 0.568. The third-order valence-electron chi connectivity index (χ3n) is 2.99. The average Bonchev–Trinajstić information content (AvgIpc) is 2.25. The second-order valence-corrected chi connectivity index (χ2v) is 4.29. The lowest BCUT2D eigenvalue weighted by Crippen LogP contribution is -2.39. The van der Waals surface area contributed by atoms with Gasteiger partial charge in [-0.15, -0.1) is 0 Å². The normalized spacial score (nSPS) is 18.9. The fraction of sp³-hybridized carbons (Fsp3) is 0.455. The van der Waals surface area contributed by atoms with Crippen LogP contribution in [-0.2, 0) is 13.5 Å². The molecule has 1 aromatic heterocycles. The molecule has 1 unspecified atom stereocenters. The van der Waals surface area contributed by atoms with Crippen LogP contribution in [0.2, 0.25) is 0 Å². The predicted octanol–water partition coefficient (Wildman–Crippen LogP) is -0.926. The van der Waals surface area contributed by atoms with Gasteiger partial charge < -0.3 is 9.47 Å². The minimum absolute atomic E-state index is 0.0732. The highest BCUT2D eigenvalue weighted by Crippen LogP contribution is 2.15. The maximum atomic E-state index is 11.9. The molecule has 0 aromatic carbocycles. The zero-order chi connectivity index (χ0) is 11.9. The van der Waals surface area contributed by atoms with E-state index in [0.29, 0.717) is 5.56 Å². The molecule has 0 aliphatic heterocycles. The summed E-state index contributed by atoms with van der Waals surface area (Å²) in [5.74, 6) is 0. The minimum atomic E-state index is -0.0732. The van der Waals surface area contributed by atoms with Gasteiger partial charge in [-0.2, -0.15) is 0 Å². The first-order valence-electron chi connectivity index (χ1n) is 5.20. The molecule has 2 rings (SSSR count). The summed E-state index contributed by atoms with van der Waals surface area (Å²) in [6, 6.07) is 0.284. The number of likely N-dealkylation sites (N-methyl/N-ethyl adjacent to an activating group) is 1. The first kappa shape index (κ1) is 11.1. The second kappa shape index (κ2) is 3.90. The molecule has 1 atom stereocenters. The fourth-order valence-electron chi connectivity index (χ4n) is 1.83. The van der Waals surface area contributed by atoms with E-state index in [1.165, 1.54) is 4.57 Å². The molecule has 0 fully saturated rings. The Hall–Kier alpha value is -1.36. The molecular formula is C11H14BN3O. The van der Waals surface area contributed by atoms with Crippen LogP contribution in [0, 0.1) is 0 Å². The van der Waals surface area contributed by atoms with E-state index in [9.17, 15) is 4.79 Å². The van der Waals surface area contributed by atoms with Crippen molar-refractivity contribution in [1.29, 1.82) is 0 Å². The van der Waals surface area contributed by atoms with Gasteiger partial charge in [0.05, 0.1) is 17.0 Å². The highest BCUT2D eigenvalue weighted by atomic mass is 16.1. The van der Waals surface area contributed by atoms with Gasteiger partial charge in [0.2, 0.25) is 0 Å². The molecule has 1 aromatic rings. The summed E-state index contributed by atoms with van der Waals surface area (Å²) in [5.41, 5.74) is 1.66. The van der Waals surface area contributed by atoms with Gasteiger partial charge >= 0.3 is 0 Å². The van der Waals surface area contributed by atoms with Crippen molar-refractivity contribution < 1.29 is 0 Å². The highest BCUT2D eigenvalue weighted by Gasteiger charge is 2.19. The molecule has 5 heteroatoms. The summed E-state index contributed by atoms with van der Waals surface area (Å²) in [5, 5.41) is 0. The lowest BCUT2D eigenvalue weighted by Gasteiger charge is -2.25. The maximum absolute atomic E-state index is 11.9. The van der Waals surface area contributed by atoms with Gasteiger partial charge in [-0.3, -0.25) is 9.78 Å². The molecule has 16 heavy (non-hydrogen) atoms. The smallest absolute Gasteiger partial charge is 0.260 e. The van der Waals surface area contributed by atoms with Crippen LogP contribution in [0.4, 0.5) is 0 Å². The molecule has 4 nitrogen and oxygen atoms in total. The van der Waals surface area contributed by atoms with E-state index in [1.807, 2.05) is 26.2 Å². The summed E-state index contributed by atoms with van der Waals surface area (Å²) < 4.78 is 1.37. The average molecular weight is 215 g/mol. The molecule has 82 valence electrons. The van der Waals surface area contributed by atoms with Crippen LogP contribution in [0.15, 0.2) is 10.9 Å². The summed E-state index contributed by atoms with van der Waals surface area (Å²) in [4.78, 5) is 18.3. The van der Waals surface area contributed by atoms with Crippen molar-refractivity contribution in [3.63, 3.8) is 0 Å². The Morgan fingerprint density at radius 2 is 2.25 bits per heavy atom. The van der Waals surface area contributed by atoms with Gasteiger partial charge in [0, 0.05) is 19.5 Å². The van der Waals surface area contributed by atoms with Gasteiger partial charge in [-0.25, -0.2) is 0 Å². The molecule has 0 saturated heterocycles. The van der Waals surface area contributed by atoms with Gasteiger partial charge in [0.25, 0.3) is 5.56 Å². The van der Waals surface area contributed by atoms with E-state index in [4.69, 9.17) is 7.85 Å². The summed E-state index contributed by atoms with van der Waals surface area (Å²) >= 11 is 0. The second-order valence-electron chi connectivity index (χ2n) is 4.29. The Balaban J connectivity index is 2.52. The number of hydrogen-bond donors (Lipinski definition) is 0. The van der Waals surface area contributed by atoms with Gasteiger partial charge in [-0.1, -0.05) is 12.2 Å². The van der Waals surface area contributed by atoms with Gasteiger partial charge in [0.1, 0.15) is 0 Å². The van der Waals surface area contributed by atoms with Crippen LogP contribution in [0.1, 0.15) is 11.3 Å². The van der Waals surface area contributed by atoms with E-state index in [1.54, 1.807) is 7.05 Å². The maximum Gasteiger partial charge on any atom is 0.260 e. The van der Waals surface area contributed by atoms with Crippen LogP contribution in [0.25, 0.3) is 6.08 Å². The van der Waals surface area contributed by atoms with Gasteiger partial charge in [0.15, 0.2) is 7.85 Å². The minimum Gasteiger partial charge on any atom is -0.309 e. The van der Waals surface area contributed by atoms with Crippen molar-refractivity contribution >= 4 is 19.6 Å². The number of rotatable bonds is 1. The SMILES string of the molecule is [B]c1nc2c(c(=O)n1C)C=CC(N(C)C)C2.